The Morgan fingerprint density at radius 1 is 1.06 bits per heavy atom. The highest BCUT2D eigenvalue weighted by atomic mass is 16.9. The highest BCUT2D eigenvalue weighted by molar-refractivity contribution is 5.13. The lowest BCUT2D eigenvalue weighted by atomic mass is 9.90. The summed E-state index contributed by atoms with van der Waals surface area (Å²) in [5.41, 5.74) is 1.03. The van der Waals surface area contributed by atoms with Crippen molar-refractivity contribution in [2.24, 2.45) is 5.41 Å². The Morgan fingerprint density at radius 3 is 2.28 bits per heavy atom. The van der Waals surface area contributed by atoms with Gasteiger partial charge in [0.05, 0.1) is 38.4 Å². The fourth-order valence-corrected chi connectivity index (χ4v) is 2.19. The zero-order valence-electron chi connectivity index (χ0n) is 10.6. The van der Waals surface area contributed by atoms with Crippen LogP contribution in [0.25, 0.3) is 0 Å². The first-order valence-electron chi connectivity index (χ1n) is 6.23. The van der Waals surface area contributed by atoms with Crippen LogP contribution in [0.5, 0.6) is 0 Å². The van der Waals surface area contributed by atoms with Gasteiger partial charge in [0.2, 0.25) is 0 Å². The van der Waals surface area contributed by atoms with E-state index in [0.717, 1.165) is 0 Å². The molecule has 0 atom stereocenters. The van der Waals surface area contributed by atoms with Gasteiger partial charge in [0, 0.05) is 6.92 Å². The highest BCUT2D eigenvalue weighted by Crippen LogP contribution is 2.38. The van der Waals surface area contributed by atoms with E-state index in [-0.39, 0.29) is 5.41 Å². The maximum Gasteiger partial charge on any atom is 0.279 e. The summed E-state index contributed by atoms with van der Waals surface area (Å²) in [7, 11) is 0. The number of hydrogen-bond acceptors (Lipinski definition) is 4. The van der Waals surface area contributed by atoms with Crippen molar-refractivity contribution in [2.75, 3.05) is 26.4 Å². The van der Waals surface area contributed by atoms with Gasteiger partial charge in [0.15, 0.2) is 0 Å². The Morgan fingerprint density at radius 2 is 1.67 bits per heavy atom. The average molecular weight is 250 g/mol. The Hall–Kier alpha value is -0.940. The number of benzene rings is 1. The Bertz CT molecular complexity index is 379. The summed E-state index contributed by atoms with van der Waals surface area (Å²) in [6, 6.07) is 10.1. The van der Waals surface area contributed by atoms with Gasteiger partial charge < -0.3 is 18.9 Å². The summed E-state index contributed by atoms with van der Waals surface area (Å²) in [5.74, 6) is -0.832. The molecule has 4 rings (SSSR count). The molecule has 3 aliphatic rings. The van der Waals surface area contributed by atoms with E-state index in [4.69, 9.17) is 18.9 Å². The summed E-state index contributed by atoms with van der Waals surface area (Å²) in [4.78, 5) is 0. The van der Waals surface area contributed by atoms with Gasteiger partial charge >= 0.3 is 0 Å². The zero-order chi connectivity index (χ0) is 12.5. The molecule has 4 nitrogen and oxygen atoms in total. The molecule has 2 bridgehead atoms. The van der Waals surface area contributed by atoms with Crippen molar-refractivity contribution in [3.05, 3.63) is 35.9 Å². The smallest absolute Gasteiger partial charge is 0.279 e. The van der Waals surface area contributed by atoms with Gasteiger partial charge in [-0.1, -0.05) is 30.3 Å². The highest BCUT2D eigenvalue weighted by Gasteiger charge is 2.50. The van der Waals surface area contributed by atoms with Crippen molar-refractivity contribution < 1.29 is 18.9 Å². The minimum absolute atomic E-state index is 0.146. The van der Waals surface area contributed by atoms with Crippen molar-refractivity contribution in [2.45, 2.75) is 19.5 Å². The predicted molar refractivity (Wildman–Crippen MR) is 64.8 cm³/mol. The topological polar surface area (TPSA) is 36.9 Å². The van der Waals surface area contributed by atoms with Crippen molar-refractivity contribution in [3.63, 3.8) is 0 Å². The molecular formula is C14H18O4. The first kappa shape index (κ1) is 12.1. The molecule has 0 aromatic heterocycles. The molecule has 0 saturated carbocycles. The molecule has 1 aromatic carbocycles. The zero-order valence-corrected chi connectivity index (χ0v) is 10.6. The molecule has 1 aromatic rings. The lowest BCUT2D eigenvalue weighted by Crippen LogP contribution is -2.60. The summed E-state index contributed by atoms with van der Waals surface area (Å²) in [6.07, 6.45) is 0. The monoisotopic (exact) mass is 250 g/mol. The van der Waals surface area contributed by atoms with Crippen LogP contribution in [0.4, 0.5) is 0 Å². The van der Waals surface area contributed by atoms with E-state index in [1.165, 1.54) is 5.56 Å². The molecule has 0 unspecified atom stereocenters. The van der Waals surface area contributed by atoms with Crippen molar-refractivity contribution in [3.8, 4) is 0 Å². The number of hydrogen-bond donors (Lipinski definition) is 0. The van der Waals surface area contributed by atoms with Crippen LogP contribution in [-0.4, -0.2) is 32.4 Å². The fraction of sp³-hybridized carbons (Fsp3) is 0.571. The second-order valence-electron chi connectivity index (χ2n) is 5.21. The molecule has 98 valence electrons. The SMILES string of the molecule is CC12OCC(COCc3ccccc3)(CO1)CO2. The summed E-state index contributed by atoms with van der Waals surface area (Å²) in [6.45, 7) is 4.92. The second kappa shape index (κ2) is 4.63. The van der Waals surface area contributed by atoms with Crippen LogP contribution in [0, 0.1) is 5.41 Å². The molecule has 4 heteroatoms. The van der Waals surface area contributed by atoms with E-state index in [0.29, 0.717) is 33.0 Å². The van der Waals surface area contributed by atoms with Crippen LogP contribution in [0.1, 0.15) is 12.5 Å². The van der Waals surface area contributed by atoms with Crippen LogP contribution >= 0.6 is 0 Å². The molecular weight excluding hydrogens is 232 g/mol. The molecule has 3 saturated heterocycles. The summed E-state index contributed by atoms with van der Waals surface area (Å²) >= 11 is 0. The average Bonchev–Trinajstić information content (AvgIpc) is 2.42. The van der Waals surface area contributed by atoms with E-state index < -0.39 is 5.97 Å². The van der Waals surface area contributed by atoms with Gasteiger partial charge in [-0.15, -0.1) is 0 Å². The maximum atomic E-state index is 5.77. The normalized spacial score (nSPS) is 34.7. The van der Waals surface area contributed by atoms with Gasteiger partial charge in [-0.2, -0.15) is 0 Å². The van der Waals surface area contributed by atoms with Crippen LogP contribution in [0.15, 0.2) is 30.3 Å². The van der Waals surface area contributed by atoms with Crippen molar-refractivity contribution in [1.29, 1.82) is 0 Å². The van der Waals surface area contributed by atoms with Gasteiger partial charge in [-0.05, 0) is 5.56 Å². The molecule has 3 aliphatic heterocycles. The Labute approximate surface area is 107 Å². The van der Waals surface area contributed by atoms with E-state index in [2.05, 4.69) is 12.1 Å². The van der Waals surface area contributed by atoms with Gasteiger partial charge in [0.1, 0.15) is 0 Å². The maximum absolute atomic E-state index is 5.77. The summed E-state index contributed by atoms with van der Waals surface area (Å²) in [5, 5.41) is 0. The largest absolute Gasteiger partial charge is 0.376 e. The minimum Gasteiger partial charge on any atom is -0.376 e. The van der Waals surface area contributed by atoms with Crippen LogP contribution in [0.3, 0.4) is 0 Å². The van der Waals surface area contributed by atoms with Crippen LogP contribution in [0.2, 0.25) is 0 Å². The quantitative estimate of drug-likeness (QED) is 0.818. The molecule has 0 N–H and O–H groups in total. The van der Waals surface area contributed by atoms with E-state index in [1.807, 2.05) is 18.2 Å². The molecule has 0 spiro atoms. The first-order chi connectivity index (χ1) is 8.70. The minimum atomic E-state index is -0.832. The lowest BCUT2D eigenvalue weighted by molar-refractivity contribution is -0.462. The first-order valence-corrected chi connectivity index (χ1v) is 6.23. The number of rotatable bonds is 4. The molecule has 3 fully saturated rings. The molecule has 3 heterocycles. The summed E-state index contributed by atoms with van der Waals surface area (Å²) < 4.78 is 22.4. The van der Waals surface area contributed by atoms with E-state index in [9.17, 15) is 0 Å². The van der Waals surface area contributed by atoms with Crippen molar-refractivity contribution >= 4 is 0 Å². The number of ether oxygens (including phenoxy) is 4. The van der Waals surface area contributed by atoms with Crippen LogP contribution < -0.4 is 0 Å². The Kier molecular flexibility index (Phi) is 3.11. The molecule has 18 heavy (non-hydrogen) atoms. The van der Waals surface area contributed by atoms with Gasteiger partial charge in [-0.3, -0.25) is 0 Å². The van der Waals surface area contributed by atoms with E-state index in [1.54, 1.807) is 6.92 Å². The lowest BCUT2D eigenvalue weighted by Gasteiger charge is -2.50. The predicted octanol–water partition coefficient (Wildman–Crippen LogP) is 1.94. The molecule has 0 radical (unpaired) electrons. The second-order valence-corrected chi connectivity index (χ2v) is 5.21. The fourth-order valence-electron chi connectivity index (χ4n) is 2.19. The third kappa shape index (κ3) is 2.42. The number of fused-ring (bicyclic) bond motifs is 3. The van der Waals surface area contributed by atoms with Crippen molar-refractivity contribution in [1.82, 2.24) is 0 Å². The van der Waals surface area contributed by atoms with Gasteiger partial charge in [0.25, 0.3) is 5.97 Å². The Balaban J connectivity index is 1.52. The molecule has 0 aliphatic carbocycles. The van der Waals surface area contributed by atoms with Crippen LogP contribution in [-0.2, 0) is 25.6 Å². The third-order valence-corrected chi connectivity index (χ3v) is 3.44. The molecule has 0 amide bonds. The van der Waals surface area contributed by atoms with Gasteiger partial charge in [-0.25, -0.2) is 0 Å². The third-order valence-electron chi connectivity index (χ3n) is 3.44. The van der Waals surface area contributed by atoms with E-state index >= 15 is 0 Å². The standard InChI is InChI=1S/C14H18O4/c1-13-16-9-14(10-17-13,11-18-13)8-15-7-12-5-3-2-4-6-12/h2-6H,7-11H2,1H3.